The Labute approximate surface area is 102 Å². The highest BCUT2D eigenvalue weighted by Crippen LogP contribution is 2.28. The Hall–Kier alpha value is -1.26. The number of nitrogens with zero attached hydrogens (tertiary/aromatic N) is 1. The van der Waals surface area contributed by atoms with Crippen LogP contribution in [0.1, 0.15) is 47.0 Å². The lowest BCUT2D eigenvalue weighted by atomic mass is 10.0. The molecule has 0 atom stereocenters. The second kappa shape index (κ2) is 4.55. The monoisotopic (exact) mass is 242 g/mol. The van der Waals surface area contributed by atoms with Gasteiger partial charge in [0, 0.05) is 17.6 Å². The highest BCUT2D eigenvalue weighted by Gasteiger charge is 2.37. The van der Waals surface area contributed by atoms with Crippen molar-refractivity contribution >= 4 is 12.0 Å². The highest BCUT2D eigenvalue weighted by molar-refractivity contribution is 5.77. The van der Waals surface area contributed by atoms with Gasteiger partial charge in [-0.1, -0.05) is 0 Å². The van der Waals surface area contributed by atoms with Crippen molar-refractivity contribution in [3.8, 4) is 0 Å². The number of carboxylic acid groups (broad SMARTS) is 1. The molecule has 2 N–H and O–H groups in total. The molecule has 2 amide bonds. The van der Waals surface area contributed by atoms with E-state index in [2.05, 4.69) is 5.32 Å². The lowest BCUT2D eigenvalue weighted by Gasteiger charge is -2.35. The number of carboxylic acids is 1. The molecular formula is C12H22N2O3. The van der Waals surface area contributed by atoms with Crippen molar-refractivity contribution in [1.82, 2.24) is 10.2 Å². The maximum Gasteiger partial charge on any atom is 0.318 e. The molecule has 0 aliphatic carbocycles. The number of likely N-dealkylation sites (tertiary alicyclic amines) is 1. The average molecular weight is 242 g/mol. The summed E-state index contributed by atoms with van der Waals surface area (Å²) in [6, 6.07) is -0.168. The van der Waals surface area contributed by atoms with Crippen molar-refractivity contribution < 1.29 is 14.7 Å². The van der Waals surface area contributed by atoms with Crippen LogP contribution in [0, 0.1) is 0 Å². The summed E-state index contributed by atoms with van der Waals surface area (Å²) in [4.78, 5) is 24.5. The van der Waals surface area contributed by atoms with Crippen LogP contribution in [-0.2, 0) is 4.79 Å². The fraction of sp³-hybridized carbons (Fsp3) is 0.833. The Morgan fingerprint density at radius 3 is 2.41 bits per heavy atom. The van der Waals surface area contributed by atoms with Gasteiger partial charge in [0.05, 0.1) is 6.42 Å². The van der Waals surface area contributed by atoms with Gasteiger partial charge < -0.3 is 15.3 Å². The van der Waals surface area contributed by atoms with Crippen LogP contribution in [0.15, 0.2) is 0 Å². The van der Waals surface area contributed by atoms with E-state index in [1.165, 1.54) is 0 Å². The Balaban J connectivity index is 2.63. The van der Waals surface area contributed by atoms with Gasteiger partial charge >= 0.3 is 12.0 Å². The van der Waals surface area contributed by atoms with Gasteiger partial charge in [-0.05, 0) is 40.5 Å². The fourth-order valence-corrected chi connectivity index (χ4v) is 2.26. The Morgan fingerprint density at radius 1 is 1.41 bits per heavy atom. The number of carbonyl (C=O) groups is 2. The van der Waals surface area contributed by atoms with Crippen LogP contribution in [-0.4, -0.2) is 39.6 Å². The topological polar surface area (TPSA) is 69.6 Å². The molecule has 17 heavy (non-hydrogen) atoms. The molecule has 0 aromatic heterocycles. The first-order valence-electron chi connectivity index (χ1n) is 5.96. The number of carbonyl (C=O) groups excluding carboxylic acids is 1. The standard InChI is InChI=1S/C12H22N2O3/c1-11(2,8-9(15)16)13-10(17)14-7-5-6-12(14,3)4/h5-8H2,1-4H3,(H,13,17)(H,15,16). The van der Waals surface area contributed by atoms with Gasteiger partial charge in [-0.25, -0.2) is 4.79 Å². The summed E-state index contributed by atoms with van der Waals surface area (Å²) in [6.07, 6.45) is 1.91. The summed E-state index contributed by atoms with van der Waals surface area (Å²) in [7, 11) is 0. The molecule has 0 spiro atoms. The van der Waals surface area contributed by atoms with E-state index >= 15 is 0 Å². The molecule has 0 bridgehead atoms. The van der Waals surface area contributed by atoms with Crippen LogP contribution in [0.25, 0.3) is 0 Å². The molecule has 1 heterocycles. The van der Waals surface area contributed by atoms with E-state index in [9.17, 15) is 9.59 Å². The Kier molecular flexibility index (Phi) is 3.69. The average Bonchev–Trinajstić information content (AvgIpc) is 2.41. The normalized spacial score (nSPS) is 19.2. The maximum atomic E-state index is 12.1. The van der Waals surface area contributed by atoms with E-state index in [0.29, 0.717) is 0 Å². The molecule has 0 unspecified atom stereocenters. The SMILES string of the molecule is CC(C)(CC(=O)O)NC(=O)N1CCCC1(C)C. The first kappa shape index (κ1) is 13.8. The molecule has 0 saturated carbocycles. The van der Waals surface area contributed by atoms with Crippen molar-refractivity contribution in [3.63, 3.8) is 0 Å². The van der Waals surface area contributed by atoms with Crippen molar-refractivity contribution in [2.24, 2.45) is 0 Å². The van der Waals surface area contributed by atoms with Crippen molar-refractivity contribution in [2.75, 3.05) is 6.54 Å². The van der Waals surface area contributed by atoms with Crippen LogP contribution in [0.5, 0.6) is 0 Å². The third kappa shape index (κ3) is 3.61. The van der Waals surface area contributed by atoms with E-state index < -0.39 is 11.5 Å². The van der Waals surface area contributed by atoms with Crippen molar-refractivity contribution in [3.05, 3.63) is 0 Å². The quantitative estimate of drug-likeness (QED) is 0.793. The summed E-state index contributed by atoms with van der Waals surface area (Å²) in [6.45, 7) is 8.25. The van der Waals surface area contributed by atoms with Gasteiger partial charge in [0.15, 0.2) is 0 Å². The van der Waals surface area contributed by atoms with Crippen molar-refractivity contribution in [1.29, 1.82) is 0 Å². The van der Waals surface area contributed by atoms with E-state index in [4.69, 9.17) is 5.11 Å². The molecule has 1 aliphatic heterocycles. The third-order valence-electron chi connectivity index (χ3n) is 3.18. The summed E-state index contributed by atoms with van der Waals surface area (Å²) in [5, 5.41) is 11.6. The minimum absolute atomic E-state index is 0.0764. The molecule has 1 rings (SSSR count). The third-order valence-corrected chi connectivity index (χ3v) is 3.18. The second-order valence-corrected chi connectivity index (χ2v) is 5.95. The molecule has 1 aliphatic rings. The minimum atomic E-state index is -0.906. The molecule has 5 nitrogen and oxygen atoms in total. The lowest BCUT2D eigenvalue weighted by molar-refractivity contribution is -0.138. The van der Waals surface area contributed by atoms with Crippen molar-refractivity contribution in [2.45, 2.75) is 58.0 Å². The molecule has 0 aromatic rings. The number of aliphatic carboxylic acids is 1. The molecule has 0 radical (unpaired) electrons. The number of hydrogen-bond donors (Lipinski definition) is 2. The first-order chi connectivity index (χ1) is 7.64. The largest absolute Gasteiger partial charge is 0.481 e. The van der Waals surface area contributed by atoms with Crippen LogP contribution in [0.2, 0.25) is 0 Å². The van der Waals surface area contributed by atoms with Gasteiger partial charge in [-0.2, -0.15) is 0 Å². The Bertz CT molecular complexity index is 324. The lowest BCUT2D eigenvalue weighted by Crippen LogP contribution is -2.54. The minimum Gasteiger partial charge on any atom is -0.481 e. The Morgan fingerprint density at radius 2 is 2.00 bits per heavy atom. The zero-order valence-electron chi connectivity index (χ0n) is 11.0. The predicted octanol–water partition coefficient (Wildman–Crippen LogP) is 1.82. The van der Waals surface area contributed by atoms with Crippen LogP contribution in [0.3, 0.4) is 0 Å². The molecule has 1 saturated heterocycles. The number of urea groups is 1. The molecular weight excluding hydrogens is 220 g/mol. The van der Waals surface area contributed by atoms with Crippen LogP contribution >= 0.6 is 0 Å². The smallest absolute Gasteiger partial charge is 0.318 e. The summed E-state index contributed by atoms with van der Waals surface area (Å²) in [5.41, 5.74) is -0.856. The predicted molar refractivity (Wildman–Crippen MR) is 64.9 cm³/mol. The van der Waals surface area contributed by atoms with Gasteiger partial charge in [0.1, 0.15) is 0 Å². The van der Waals surface area contributed by atoms with Gasteiger partial charge in [-0.15, -0.1) is 0 Å². The number of rotatable bonds is 3. The van der Waals surface area contributed by atoms with E-state index in [0.717, 1.165) is 19.4 Å². The van der Waals surface area contributed by atoms with Crippen LogP contribution in [0.4, 0.5) is 4.79 Å². The fourth-order valence-electron chi connectivity index (χ4n) is 2.26. The van der Waals surface area contributed by atoms with E-state index in [1.807, 2.05) is 13.8 Å². The first-order valence-corrected chi connectivity index (χ1v) is 5.96. The molecule has 0 aromatic carbocycles. The summed E-state index contributed by atoms with van der Waals surface area (Å²) in [5.74, 6) is -0.906. The van der Waals surface area contributed by atoms with E-state index in [-0.39, 0.29) is 18.0 Å². The second-order valence-electron chi connectivity index (χ2n) is 5.95. The van der Waals surface area contributed by atoms with Gasteiger partial charge in [0.25, 0.3) is 0 Å². The molecule has 1 fully saturated rings. The maximum absolute atomic E-state index is 12.1. The number of nitrogens with one attached hydrogen (secondary N) is 1. The van der Waals surface area contributed by atoms with Gasteiger partial charge in [0.2, 0.25) is 0 Å². The number of amides is 2. The highest BCUT2D eigenvalue weighted by atomic mass is 16.4. The molecule has 5 heteroatoms. The van der Waals surface area contributed by atoms with Gasteiger partial charge in [-0.3, -0.25) is 4.79 Å². The zero-order valence-corrected chi connectivity index (χ0v) is 11.0. The summed E-state index contributed by atoms with van der Waals surface area (Å²) < 4.78 is 0. The zero-order chi connectivity index (χ0) is 13.3. The number of hydrogen-bond acceptors (Lipinski definition) is 2. The molecule has 98 valence electrons. The summed E-state index contributed by atoms with van der Waals surface area (Å²) >= 11 is 0. The van der Waals surface area contributed by atoms with E-state index in [1.54, 1.807) is 18.7 Å². The van der Waals surface area contributed by atoms with Crippen LogP contribution < -0.4 is 5.32 Å².